The van der Waals surface area contributed by atoms with E-state index in [4.69, 9.17) is 5.26 Å². The smallest absolute Gasteiger partial charge is 0.225 e. The first-order chi connectivity index (χ1) is 7.52. The number of benzene rings is 1. The van der Waals surface area contributed by atoms with Crippen LogP contribution in [-0.2, 0) is 4.79 Å². The highest BCUT2D eigenvalue weighted by molar-refractivity contribution is 9.10. The Hall–Kier alpha value is -1.34. The van der Waals surface area contributed by atoms with Gasteiger partial charge < -0.3 is 5.32 Å². The van der Waals surface area contributed by atoms with Crippen molar-refractivity contribution in [3.8, 4) is 6.07 Å². The van der Waals surface area contributed by atoms with Gasteiger partial charge in [-0.2, -0.15) is 5.26 Å². The van der Waals surface area contributed by atoms with Gasteiger partial charge in [0.25, 0.3) is 0 Å². The molecule has 0 saturated carbocycles. The molecule has 16 heavy (non-hydrogen) atoms. The fraction of sp³-hybridized carbons (Fsp3) is 0.333. The van der Waals surface area contributed by atoms with Gasteiger partial charge in [0.1, 0.15) is 0 Å². The lowest BCUT2D eigenvalue weighted by Crippen LogP contribution is -2.15. The van der Waals surface area contributed by atoms with Gasteiger partial charge in [-0.3, -0.25) is 4.79 Å². The van der Waals surface area contributed by atoms with E-state index < -0.39 is 0 Å². The van der Waals surface area contributed by atoms with Crippen molar-refractivity contribution in [3.05, 3.63) is 28.2 Å². The lowest BCUT2D eigenvalue weighted by Gasteiger charge is -2.09. The second kappa shape index (κ2) is 5.66. The third kappa shape index (κ3) is 3.67. The number of carbonyl (C=O) groups is 1. The predicted molar refractivity (Wildman–Crippen MR) is 66.9 cm³/mol. The quantitative estimate of drug-likeness (QED) is 0.924. The Morgan fingerprint density at radius 3 is 2.88 bits per heavy atom. The number of aryl methyl sites for hydroxylation is 1. The summed E-state index contributed by atoms with van der Waals surface area (Å²) in [7, 11) is 0. The van der Waals surface area contributed by atoms with Crippen LogP contribution in [0.4, 0.5) is 5.69 Å². The number of anilines is 1. The van der Waals surface area contributed by atoms with Crippen molar-refractivity contribution in [1.82, 2.24) is 0 Å². The lowest BCUT2D eigenvalue weighted by atomic mass is 10.1. The molecule has 0 fully saturated rings. The molecule has 0 bridgehead atoms. The van der Waals surface area contributed by atoms with Crippen LogP contribution in [-0.4, -0.2) is 5.91 Å². The number of nitrogens with one attached hydrogen (secondary N) is 1. The zero-order valence-electron chi connectivity index (χ0n) is 9.25. The summed E-state index contributed by atoms with van der Waals surface area (Å²) in [6.07, 6.45) is 0.228. The highest BCUT2D eigenvalue weighted by atomic mass is 79.9. The van der Waals surface area contributed by atoms with Gasteiger partial charge in [-0.15, -0.1) is 0 Å². The van der Waals surface area contributed by atoms with E-state index in [0.717, 1.165) is 15.7 Å². The van der Waals surface area contributed by atoms with Gasteiger partial charge in [0.15, 0.2) is 0 Å². The predicted octanol–water partition coefficient (Wildman–Crippen LogP) is 3.25. The van der Waals surface area contributed by atoms with E-state index in [2.05, 4.69) is 21.2 Å². The highest BCUT2D eigenvalue weighted by Crippen LogP contribution is 2.20. The molecule has 0 aromatic heterocycles. The minimum absolute atomic E-state index is 0.125. The van der Waals surface area contributed by atoms with E-state index in [1.165, 1.54) is 0 Å². The molecule has 0 aliphatic heterocycles. The summed E-state index contributed by atoms with van der Waals surface area (Å²) in [5.41, 5.74) is 1.78. The third-order valence-corrected chi connectivity index (χ3v) is 2.67. The summed E-state index contributed by atoms with van der Waals surface area (Å²) >= 11 is 3.36. The monoisotopic (exact) mass is 280 g/mol. The van der Waals surface area contributed by atoms with Gasteiger partial charge in [-0.1, -0.05) is 15.9 Å². The molecule has 0 heterocycles. The molecule has 0 saturated heterocycles. The summed E-state index contributed by atoms with van der Waals surface area (Å²) in [6.45, 7) is 3.65. The van der Waals surface area contributed by atoms with Crippen LogP contribution in [0.1, 0.15) is 18.9 Å². The first-order valence-corrected chi connectivity index (χ1v) is 5.78. The van der Waals surface area contributed by atoms with Crippen LogP contribution in [0.2, 0.25) is 0 Å². The minimum atomic E-state index is -0.254. The molecule has 0 radical (unpaired) electrons. The second-order valence-corrected chi connectivity index (χ2v) is 4.66. The zero-order chi connectivity index (χ0) is 12.1. The van der Waals surface area contributed by atoms with E-state index in [1.54, 1.807) is 6.92 Å². The summed E-state index contributed by atoms with van der Waals surface area (Å²) in [6, 6.07) is 7.68. The molecule has 1 unspecified atom stereocenters. The van der Waals surface area contributed by atoms with Gasteiger partial charge in [-0.05, 0) is 37.6 Å². The Bertz CT molecular complexity index is 437. The number of amides is 1. The average molecular weight is 281 g/mol. The molecule has 4 heteroatoms. The Labute approximate surface area is 104 Å². The summed E-state index contributed by atoms with van der Waals surface area (Å²) in [4.78, 5) is 11.5. The molecule has 0 aliphatic rings. The molecule has 0 aliphatic carbocycles. The molecule has 1 atom stereocenters. The van der Waals surface area contributed by atoms with Gasteiger partial charge in [0, 0.05) is 16.6 Å². The summed E-state index contributed by atoms with van der Waals surface area (Å²) < 4.78 is 0.980. The molecule has 1 amide bonds. The van der Waals surface area contributed by atoms with E-state index >= 15 is 0 Å². The number of halogens is 1. The average Bonchev–Trinajstić information content (AvgIpc) is 2.22. The van der Waals surface area contributed by atoms with Crippen molar-refractivity contribution in [2.24, 2.45) is 5.92 Å². The Kier molecular flexibility index (Phi) is 4.51. The SMILES string of the molecule is Cc1cc(Br)ccc1NC(=O)CC(C)C#N. The third-order valence-electron chi connectivity index (χ3n) is 2.17. The number of rotatable bonds is 3. The number of carbonyl (C=O) groups excluding carboxylic acids is 1. The van der Waals surface area contributed by atoms with E-state index in [0.29, 0.717) is 0 Å². The Morgan fingerprint density at radius 1 is 1.62 bits per heavy atom. The maximum atomic E-state index is 11.5. The molecule has 3 nitrogen and oxygen atoms in total. The zero-order valence-corrected chi connectivity index (χ0v) is 10.8. The molecule has 0 spiro atoms. The van der Waals surface area contributed by atoms with Gasteiger partial charge >= 0.3 is 0 Å². The fourth-order valence-electron chi connectivity index (χ4n) is 1.29. The summed E-state index contributed by atoms with van der Waals surface area (Å²) in [5, 5.41) is 11.4. The van der Waals surface area contributed by atoms with Crippen LogP contribution >= 0.6 is 15.9 Å². The Balaban J connectivity index is 2.67. The molecule has 1 aromatic rings. The van der Waals surface area contributed by atoms with E-state index in [9.17, 15) is 4.79 Å². The fourth-order valence-corrected chi connectivity index (χ4v) is 1.77. The van der Waals surface area contributed by atoms with Crippen LogP contribution in [0.5, 0.6) is 0 Å². The standard InChI is InChI=1S/C12H13BrN2O/c1-8(7-14)5-12(16)15-11-4-3-10(13)6-9(11)2/h3-4,6,8H,5H2,1-2H3,(H,15,16). The second-order valence-electron chi connectivity index (χ2n) is 3.74. The number of nitrogens with zero attached hydrogens (tertiary/aromatic N) is 1. The van der Waals surface area contributed by atoms with Crippen LogP contribution in [0.25, 0.3) is 0 Å². The first-order valence-electron chi connectivity index (χ1n) is 4.98. The molecular weight excluding hydrogens is 268 g/mol. The highest BCUT2D eigenvalue weighted by Gasteiger charge is 2.09. The summed E-state index contributed by atoms with van der Waals surface area (Å²) in [5.74, 6) is -0.379. The maximum Gasteiger partial charge on any atom is 0.225 e. The van der Waals surface area contributed by atoms with Crippen LogP contribution in [0.3, 0.4) is 0 Å². The number of hydrogen-bond donors (Lipinski definition) is 1. The normalized spacial score (nSPS) is 11.6. The van der Waals surface area contributed by atoms with Crippen molar-refractivity contribution >= 4 is 27.5 Å². The van der Waals surface area contributed by atoms with Gasteiger partial charge in [-0.25, -0.2) is 0 Å². The molecule has 84 valence electrons. The van der Waals surface area contributed by atoms with E-state index in [-0.39, 0.29) is 18.2 Å². The van der Waals surface area contributed by atoms with Crippen molar-refractivity contribution in [1.29, 1.82) is 5.26 Å². The maximum absolute atomic E-state index is 11.5. The molecule has 1 rings (SSSR count). The molecular formula is C12H13BrN2O. The van der Waals surface area contributed by atoms with E-state index in [1.807, 2.05) is 31.2 Å². The van der Waals surface area contributed by atoms with Crippen molar-refractivity contribution < 1.29 is 4.79 Å². The Morgan fingerprint density at radius 2 is 2.31 bits per heavy atom. The largest absolute Gasteiger partial charge is 0.326 e. The van der Waals surface area contributed by atoms with Gasteiger partial charge in [0.05, 0.1) is 12.0 Å². The van der Waals surface area contributed by atoms with Crippen molar-refractivity contribution in [3.63, 3.8) is 0 Å². The van der Waals surface area contributed by atoms with Crippen LogP contribution < -0.4 is 5.32 Å². The number of nitriles is 1. The molecule has 1 aromatic carbocycles. The van der Waals surface area contributed by atoms with Crippen LogP contribution in [0.15, 0.2) is 22.7 Å². The first kappa shape index (κ1) is 12.7. The molecule has 1 N–H and O–H groups in total. The van der Waals surface area contributed by atoms with Crippen molar-refractivity contribution in [2.75, 3.05) is 5.32 Å². The van der Waals surface area contributed by atoms with Gasteiger partial charge in [0.2, 0.25) is 5.91 Å². The van der Waals surface area contributed by atoms with Crippen molar-refractivity contribution in [2.45, 2.75) is 20.3 Å². The topological polar surface area (TPSA) is 52.9 Å². The minimum Gasteiger partial charge on any atom is -0.326 e. The lowest BCUT2D eigenvalue weighted by molar-refractivity contribution is -0.116. The number of hydrogen-bond acceptors (Lipinski definition) is 2. The van der Waals surface area contributed by atoms with Crippen LogP contribution in [0, 0.1) is 24.2 Å².